The number of carbonyl (C=O) groups is 1. The summed E-state index contributed by atoms with van der Waals surface area (Å²) in [6.07, 6.45) is 6.23. The first kappa shape index (κ1) is 10.6. The van der Waals surface area contributed by atoms with Crippen molar-refractivity contribution in [1.29, 1.82) is 0 Å². The largest absolute Gasteiger partial charge is 0.462 e. The Labute approximate surface area is 93.9 Å². The third-order valence-electron chi connectivity index (χ3n) is 2.95. The van der Waals surface area contributed by atoms with Crippen molar-refractivity contribution in [3.63, 3.8) is 0 Å². The van der Waals surface area contributed by atoms with Crippen molar-refractivity contribution in [2.75, 3.05) is 0 Å². The van der Waals surface area contributed by atoms with Gasteiger partial charge in [0.05, 0.1) is 5.92 Å². The molecule has 0 saturated heterocycles. The lowest BCUT2D eigenvalue weighted by Crippen LogP contribution is -2.23. The Kier molecular flexibility index (Phi) is 2.94. The van der Waals surface area contributed by atoms with Crippen molar-refractivity contribution in [1.82, 2.24) is 0 Å². The molecule has 0 N–H and O–H groups in total. The second-order valence-corrected chi connectivity index (χ2v) is 5.76. The smallest absolute Gasteiger partial charge is 0.312 e. The third-order valence-corrected chi connectivity index (χ3v) is 3.78. The highest BCUT2D eigenvalue weighted by atomic mass is 35.5. The van der Waals surface area contributed by atoms with Gasteiger partial charge in [-0.25, -0.2) is 0 Å². The molecule has 0 aromatic heterocycles. The number of hydrogen-bond acceptors (Lipinski definition) is 2. The van der Waals surface area contributed by atoms with E-state index in [0.717, 1.165) is 25.7 Å². The van der Waals surface area contributed by atoms with Crippen LogP contribution in [0.5, 0.6) is 0 Å². The van der Waals surface area contributed by atoms with Gasteiger partial charge in [0.2, 0.25) is 0 Å². The molecule has 2 nitrogen and oxygen atoms in total. The van der Waals surface area contributed by atoms with Crippen LogP contribution >= 0.6 is 23.2 Å². The normalized spacial score (nSPS) is 31.1. The number of halogens is 2. The number of hydrogen-bond donors (Lipinski definition) is 0. The molecule has 14 heavy (non-hydrogen) atoms. The molecule has 0 bridgehead atoms. The van der Waals surface area contributed by atoms with E-state index in [1.165, 1.54) is 6.42 Å². The molecule has 2 rings (SSSR count). The minimum atomic E-state index is -0.842. The van der Waals surface area contributed by atoms with E-state index in [1.54, 1.807) is 0 Å². The highest BCUT2D eigenvalue weighted by molar-refractivity contribution is 6.52. The van der Waals surface area contributed by atoms with Crippen molar-refractivity contribution in [3.05, 3.63) is 0 Å². The quantitative estimate of drug-likeness (QED) is 0.545. The number of carbonyl (C=O) groups excluding carboxylic acids is 1. The molecular weight excluding hydrogens is 223 g/mol. The predicted octanol–water partition coefficient (Wildman–Crippen LogP) is 3.06. The Balaban J connectivity index is 1.77. The molecule has 0 aromatic carbocycles. The average Bonchev–Trinajstić information content (AvgIpc) is 2.77. The molecule has 0 aliphatic heterocycles. The Morgan fingerprint density at radius 3 is 2.29 bits per heavy atom. The van der Waals surface area contributed by atoms with Gasteiger partial charge in [-0.05, 0) is 32.1 Å². The van der Waals surface area contributed by atoms with Crippen LogP contribution in [0.15, 0.2) is 0 Å². The lowest BCUT2D eigenvalue weighted by molar-refractivity contribution is -0.152. The van der Waals surface area contributed by atoms with Gasteiger partial charge in [-0.1, -0.05) is 6.42 Å². The van der Waals surface area contributed by atoms with Crippen molar-refractivity contribution in [3.8, 4) is 0 Å². The molecule has 1 atom stereocenters. The average molecular weight is 237 g/mol. The van der Waals surface area contributed by atoms with Crippen molar-refractivity contribution >= 4 is 29.2 Å². The van der Waals surface area contributed by atoms with Crippen LogP contribution in [0, 0.1) is 5.92 Å². The van der Waals surface area contributed by atoms with Gasteiger partial charge in [0.1, 0.15) is 10.4 Å². The lowest BCUT2D eigenvalue weighted by atomic mass is 9.98. The van der Waals surface area contributed by atoms with Crippen LogP contribution in [0.4, 0.5) is 0 Å². The van der Waals surface area contributed by atoms with E-state index in [4.69, 9.17) is 27.9 Å². The maximum absolute atomic E-state index is 11.5. The topological polar surface area (TPSA) is 26.3 Å². The molecule has 2 saturated carbocycles. The molecule has 2 fully saturated rings. The monoisotopic (exact) mass is 236 g/mol. The van der Waals surface area contributed by atoms with Crippen molar-refractivity contribution in [2.24, 2.45) is 5.92 Å². The van der Waals surface area contributed by atoms with Gasteiger partial charge < -0.3 is 4.74 Å². The van der Waals surface area contributed by atoms with E-state index in [9.17, 15) is 4.79 Å². The van der Waals surface area contributed by atoms with Crippen LogP contribution < -0.4 is 0 Å². The van der Waals surface area contributed by atoms with Crippen LogP contribution in [0.3, 0.4) is 0 Å². The molecule has 4 heteroatoms. The van der Waals surface area contributed by atoms with Gasteiger partial charge in [-0.2, -0.15) is 0 Å². The van der Waals surface area contributed by atoms with Gasteiger partial charge in [-0.3, -0.25) is 4.79 Å². The molecule has 80 valence electrons. The fraction of sp³-hybridized carbons (Fsp3) is 0.900. The molecule has 2 aliphatic carbocycles. The number of ether oxygens (including phenoxy) is 1. The zero-order chi connectivity index (χ0) is 10.2. The third kappa shape index (κ3) is 2.34. The van der Waals surface area contributed by atoms with Gasteiger partial charge in [0.25, 0.3) is 0 Å². The first-order valence-corrected chi connectivity index (χ1v) is 5.93. The highest BCUT2D eigenvalue weighted by Crippen LogP contribution is 2.53. The lowest BCUT2D eigenvalue weighted by Gasteiger charge is -2.21. The summed E-state index contributed by atoms with van der Waals surface area (Å²) in [5.41, 5.74) is 0. The maximum atomic E-state index is 11.5. The zero-order valence-corrected chi connectivity index (χ0v) is 9.48. The molecule has 0 amide bonds. The number of alkyl halides is 2. The second kappa shape index (κ2) is 3.90. The highest BCUT2D eigenvalue weighted by Gasteiger charge is 2.57. The van der Waals surface area contributed by atoms with Crippen molar-refractivity contribution in [2.45, 2.75) is 49.0 Å². The summed E-state index contributed by atoms with van der Waals surface area (Å²) in [5.74, 6) is -0.491. The number of esters is 1. The van der Waals surface area contributed by atoms with E-state index in [-0.39, 0.29) is 18.0 Å². The van der Waals surface area contributed by atoms with Gasteiger partial charge in [-0.15, -0.1) is 23.2 Å². The summed E-state index contributed by atoms with van der Waals surface area (Å²) in [5, 5.41) is 0. The summed E-state index contributed by atoms with van der Waals surface area (Å²) in [7, 11) is 0. The van der Waals surface area contributed by atoms with Crippen LogP contribution in [-0.4, -0.2) is 16.4 Å². The van der Waals surface area contributed by atoms with E-state index < -0.39 is 4.33 Å². The van der Waals surface area contributed by atoms with Gasteiger partial charge in [0, 0.05) is 0 Å². The molecule has 0 aromatic rings. The van der Waals surface area contributed by atoms with E-state index in [0.29, 0.717) is 6.42 Å². The fourth-order valence-corrected chi connectivity index (χ4v) is 2.39. The van der Waals surface area contributed by atoms with Gasteiger partial charge in [0.15, 0.2) is 0 Å². The first-order valence-electron chi connectivity index (χ1n) is 5.18. The predicted molar refractivity (Wildman–Crippen MR) is 55.5 cm³/mol. The summed E-state index contributed by atoms with van der Waals surface area (Å²) in [6.45, 7) is 0. The van der Waals surface area contributed by atoms with Crippen molar-refractivity contribution < 1.29 is 9.53 Å². The summed E-state index contributed by atoms with van der Waals surface area (Å²) in [6, 6.07) is 0. The van der Waals surface area contributed by atoms with Crippen LogP contribution in [0.2, 0.25) is 0 Å². The minimum absolute atomic E-state index is 0.112. The maximum Gasteiger partial charge on any atom is 0.312 e. The van der Waals surface area contributed by atoms with E-state index in [1.807, 2.05) is 0 Å². The van der Waals surface area contributed by atoms with Gasteiger partial charge >= 0.3 is 5.97 Å². The Morgan fingerprint density at radius 2 is 1.79 bits per heavy atom. The number of rotatable bonds is 2. The summed E-state index contributed by atoms with van der Waals surface area (Å²) < 4.78 is 4.50. The minimum Gasteiger partial charge on any atom is -0.462 e. The van der Waals surface area contributed by atoms with Crippen LogP contribution in [0.25, 0.3) is 0 Å². The SMILES string of the molecule is O=C(OC1CCCCC1)C1CC1(Cl)Cl. The van der Waals surface area contributed by atoms with Crippen LogP contribution in [0.1, 0.15) is 38.5 Å². The van der Waals surface area contributed by atoms with Crippen LogP contribution in [-0.2, 0) is 9.53 Å². The molecule has 1 unspecified atom stereocenters. The Bertz CT molecular complexity index is 234. The molecule has 0 spiro atoms. The van der Waals surface area contributed by atoms with E-state index >= 15 is 0 Å². The fourth-order valence-electron chi connectivity index (χ4n) is 1.90. The summed E-state index contributed by atoms with van der Waals surface area (Å²) in [4.78, 5) is 11.5. The molecule has 0 radical (unpaired) electrons. The molecule has 2 aliphatic rings. The Morgan fingerprint density at radius 1 is 1.21 bits per heavy atom. The molecule has 0 heterocycles. The standard InChI is InChI=1S/C10H14Cl2O2/c11-10(12)6-8(10)9(13)14-7-4-2-1-3-5-7/h7-8H,1-6H2. The second-order valence-electron chi connectivity index (χ2n) is 4.21. The molecular formula is C10H14Cl2O2. The Hall–Kier alpha value is 0.0500. The first-order chi connectivity index (χ1) is 6.59. The zero-order valence-electron chi connectivity index (χ0n) is 7.97. The summed E-state index contributed by atoms with van der Waals surface area (Å²) >= 11 is 11.6. The van der Waals surface area contributed by atoms with E-state index in [2.05, 4.69) is 0 Å².